The van der Waals surface area contributed by atoms with Crippen LogP contribution in [0.4, 0.5) is 4.79 Å². The maximum Gasteiger partial charge on any atom is 0.420 e. The lowest BCUT2D eigenvalue weighted by molar-refractivity contribution is 0.0535. The van der Waals surface area contributed by atoms with E-state index in [-0.39, 0.29) is 0 Å². The maximum absolute atomic E-state index is 12.8. The average molecular weight is 430 g/mol. The Morgan fingerprint density at radius 1 is 1.11 bits per heavy atom. The zero-order valence-electron chi connectivity index (χ0n) is 16.1. The normalized spacial score (nSPS) is 11.9. The number of carbonyl (C=O) groups excluding carboxylic acids is 1. The molecule has 0 saturated carbocycles. The van der Waals surface area contributed by atoms with Crippen LogP contribution < -0.4 is 0 Å². The molecule has 0 bridgehead atoms. The van der Waals surface area contributed by atoms with Gasteiger partial charge in [0.2, 0.25) is 0 Å². The van der Waals surface area contributed by atoms with Gasteiger partial charge < -0.3 is 4.74 Å². The molecule has 3 aromatic rings. The van der Waals surface area contributed by atoms with Gasteiger partial charge in [-0.15, -0.1) is 0 Å². The number of fused-ring (bicyclic) bond motifs is 1. The number of hydrogen-bond donors (Lipinski definition) is 0. The Hall–Kier alpha value is -2.18. The molecule has 3 rings (SSSR count). The van der Waals surface area contributed by atoms with Crippen LogP contribution in [0.2, 0.25) is 0 Å². The Morgan fingerprint density at radius 2 is 1.78 bits per heavy atom. The van der Waals surface area contributed by atoms with Crippen LogP contribution in [0.1, 0.15) is 32.2 Å². The molecule has 0 spiro atoms. The first-order valence-corrected chi connectivity index (χ1v) is 9.65. The van der Waals surface area contributed by atoms with E-state index in [4.69, 9.17) is 4.74 Å². The van der Waals surface area contributed by atoms with Gasteiger partial charge in [-0.1, -0.05) is 46.3 Å². The third-order valence-electron chi connectivity index (χ3n) is 4.02. The molecule has 2 aromatic carbocycles. The van der Waals surface area contributed by atoms with Gasteiger partial charge in [-0.05, 0) is 51.6 Å². The summed E-state index contributed by atoms with van der Waals surface area (Å²) in [6.07, 6.45) is -0.402. The molecule has 0 aliphatic carbocycles. The summed E-state index contributed by atoms with van der Waals surface area (Å²) in [6, 6.07) is 15.7. The molecule has 142 valence electrons. The van der Waals surface area contributed by atoms with Crippen molar-refractivity contribution >= 4 is 33.1 Å². The minimum atomic E-state index is -0.569. The quantitative estimate of drug-likeness (QED) is 0.570. The van der Waals surface area contributed by atoms with Gasteiger partial charge in [0, 0.05) is 11.0 Å². The van der Waals surface area contributed by atoms with Crippen molar-refractivity contribution in [2.45, 2.75) is 39.5 Å². The van der Waals surface area contributed by atoms with Crippen molar-refractivity contribution in [3.8, 4) is 0 Å². The largest absolute Gasteiger partial charge is 0.443 e. The minimum absolute atomic E-state index is 0.402. The SMILES string of the molecule is CN(Cc1ccccc1Br)Cc1nc2ccccc2n1C(=O)OC(C)(C)C. The molecule has 27 heavy (non-hydrogen) atoms. The number of benzene rings is 2. The third kappa shape index (κ3) is 4.76. The van der Waals surface area contributed by atoms with Crippen LogP contribution in [0.5, 0.6) is 0 Å². The van der Waals surface area contributed by atoms with Gasteiger partial charge in [0.05, 0.1) is 17.6 Å². The number of para-hydroxylation sites is 2. The van der Waals surface area contributed by atoms with E-state index in [0.29, 0.717) is 12.4 Å². The standard InChI is InChI=1S/C21H24BrN3O2/c1-21(2,3)27-20(26)25-18-12-8-7-11-17(18)23-19(25)14-24(4)13-15-9-5-6-10-16(15)22/h5-12H,13-14H2,1-4H3. The summed E-state index contributed by atoms with van der Waals surface area (Å²) in [6.45, 7) is 6.85. The number of nitrogens with zero attached hydrogens (tertiary/aromatic N) is 3. The van der Waals surface area contributed by atoms with Gasteiger partial charge in [-0.2, -0.15) is 0 Å². The average Bonchev–Trinajstić information content (AvgIpc) is 2.93. The van der Waals surface area contributed by atoms with Crippen molar-refractivity contribution < 1.29 is 9.53 Å². The summed E-state index contributed by atoms with van der Waals surface area (Å²) in [5.41, 5.74) is 2.16. The van der Waals surface area contributed by atoms with E-state index in [1.807, 2.05) is 70.3 Å². The second-order valence-electron chi connectivity index (χ2n) is 7.60. The number of carbonyl (C=O) groups is 1. The predicted octanol–water partition coefficient (Wildman–Crippen LogP) is 5.21. The summed E-state index contributed by atoms with van der Waals surface area (Å²) in [5, 5.41) is 0. The Labute approximate surface area is 168 Å². The molecule has 0 amide bonds. The van der Waals surface area contributed by atoms with Crippen LogP contribution in [-0.2, 0) is 17.8 Å². The van der Waals surface area contributed by atoms with E-state index in [1.165, 1.54) is 5.56 Å². The van der Waals surface area contributed by atoms with Gasteiger partial charge in [0.15, 0.2) is 0 Å². The van der Waals surface area contributed by atoms with Crippen LogP contribution in [0, 0.1) is 0 Å². The summed E-state index contributed by atoms with van der Waals surface area (Å²) < 4.78 is 8.26. The molecule has 0 unspecified atom stereocenters. The molecule has 0 N–H and O–H groups in total. The van der Waals surface area contributed by atoms with E-state index in [1.54, 1.807) is 4.57 Å². The molecule has 1 heterocycles. The molecule has 0 radical (unpaired) electrons. The highest BCUT2D eigenvalue weighted by molar-refractivity contribution is 9.10. The van der Waals surface area contributed by atoms with Gasteiger partial charge >= 0.3 is 6.09 Å². The molecule has 0 aliphatic heterocycles. The highest BCUT2D eigenvalue weighted by atomic mass is 79.9. The Kier molecular flexibility index (Phi) is 5.67. The molecule has 0 aliphatic rings. The summed E-state index contributed by atoms with van der Waals surface area (Å²) >= 11 is 3.59. The topological polar surface area (TPSA) is 47.4 Å². The van der Waals surface area contributed by atoms with Crippen molar-refractivity contribution in [2.75, 3.05) is 7.05 Å². The van der Waals surface area contributed by atoms with E-state index in [0.717, 1.165) is 22.1 Å². The monoisotopic (exact) mass is 429 g/mol. The summed E-state index contributed by atoms with van der Waals surface area (Å²) in [7, 11) is 2.01. The molecule has 1 aromatic heterocycles. The smallest absolute Gasteiger partial charge is 0.420 e. The summed E-state index contributed by atoms with van der Waals surface area (Å²) in [4.78, 5) is 19.6. The van der Waals surface area contributed by atoms with E-state index >= 15 is 0 Å². The fourth-order valence-corrected chi connectivity index (χ4v) is 3.32. The number of ether oxygens (including phenoxy) is 1. The van der Waals surface area contributed by atoms with Crippen molar-refractivity contribution in [3.05, 3.63) is 64.4 Å². The first kappa shape index (κ1) is 19.6. The predicted molar refractivity (Wildman–Crippen MR) is 111 cm³/mol. The highest BCUT2D eigenvalue weighted by Gasteiger charge is 2.23. The van der Waals surface area contributed by atoms with Gasteiger partial charge in [-0.3, -0.25) is 4.90 Å². The number of imidazole rings is 1. The molecule has 0 atom stereocenters. The highest BCUT2D eigenvalue weighted by Crippen LogP contribution is 2.22. The first-order valence-electron chi connectivity index (χ1n) is 8.86. The number of rotatable bonds is 4. The van der Waals surface area contributed by atoms with Gasteiger partial charge in [0.25, 0.3) is 0 Å². The number of hydrogen-bond acceptors (Lipinski definition) is 4. The van der Waals surface area contributed by atoms with E-state index in [2.05, 4.69) is 31.9 Å². The molecular weight excluding hydrogens is 406 g/mol. The fourth-order valence-electron chi connectivity index (χ4n) is 2.91. The van der Waals surface area contributed by atoms with Crippen LogP contribution >= 0.6 is 15.9 Å². The first-order chi connectivity index (χ1) is 12.7. The third-order valence-corrected chi connectivity index (χ3v) is 4.79. The zero-order chi connectivity index (χ0) is 19.6. The Morgan fingerprint density at radius 3 is 2.48 bits per heavy atom. The molecular formula is C21H24BrN3O2. The summed E-state index contributed by atoms with van der Waals surface area (Å²) in [5.74, 6) is 0.667. The lowest BCUT2D eigenvalue weighted by Crippen LogP contribution is -2.29. The number of halogens is 1. The van der Waals surface area contributed by atoms with Crippen molar-refractivity contribution in [1.82, 2.24) is 14.5 Å². The lowest BCUT2D eigenvalue weighted by Gasteiger charge is -2.22. The van der Waals surface area contributed by atoms with Crippen molar-refractivity contribution in [3.63, 3.8) is 0 Å². The fraction of sp³-hybridized carbons (Fsp3) is 0.333. The lowest BCUT2D eigenvalue weighted by atomic mass is 10.2. The Balaban J connectivity index is 1.90. The maximum atomic E-state index is 12.8. The van der Waals surface area contributed by atoms with Crippen LogP contribution in [0.15, 0.2) is 53.0 Å². The molecule has 0 saturated heterocycles. The van der Waals surface area contributed by atoms with Crippen LogP contribution in [0.3, 0.4) is 0 Å². The van der Waals surface area contributed by atoms with Crippen molar-refractivity contribution in [1.29, 1.82) is 0 Å². The minimum Gasteiger partial charge on any atom is -0.443 e. The van der Waals surface area contributed by atoms with E-state index < -0.39 is 11.7 Å². The second-order valence-corrected chi connectivity index (χ2v) is 8.45. The van der Waals surface area contributed by atoms with E-state index in [9.17, 15) is 4.79 Å². The Bertz CT molecular complexity index is 959. The zero-order valence-corrected chi connectivity index (χ0v) is 17.7. The number of aromatic nitrogens is 2. The van der Waals surface area contributed by atoms with Gasteiger partial charge in [-0.25, -0.2) is 14.3 Å². The van der Waals surface area contributed by atoms with Gasteiger partial charge in [0.1, 0.15) is 11.4 Å². The molecule has 0 fully saturated rings. The van der Waals surface area contributed by atoms with Crippen molar-refractivity contribution in [2.24, 2.45) is 0 Å². The molecule has 5 nitrogen and oxygen atoms in total. The molecule has 6 heteroatoms. The van der Waals surface area contributed by atoms with Crippen LogP contribution in [0.25, 0.3) is 11.0 Å². The van der Waals surface area contributed by atoms with Crippen LogP contribution in [-0.4, -0.2) is 33.2 Å². The second kappa shape index (κ2) is 7.82.